The Morgan fingerprint density at radius 1 is 0.957 bits per heavy atom. The molecule has 3 rings (SSSR count). The predicted molar refractivity (Wildman–Crippen MR) is 184 cm³/mol. The van der Waals surface area contributed by atoms with Gasteiger partial charge in [-0.2, -0.15) is 0 Å². The molecule has 2 N–H and O–H groups in total. The van der Waals surface area contributed by atoms with Crippen LogP contribution in [-0.2, 0) is 19.2 Å². The molecule has 2 saturated heterocycles. The van der Waals surface area contributed by atoms with Gasteiger partial charge in [0.2, 0.25) is 23.6 Å². The van der Waals surface area contributed by atoms with E-state index in [0.717, 1.165) is 37.8 Å². The summed E-state index contributed by atoms with van der Waals surface area (Å²) in [5.74, 6) is 1.78. The van der Waals surface area contributed by atoms with Gasteiger partial charge in [-0.3, -0.25) is 24.1 Å². The van der Waals surface area contributed by atoms with Crippen LogP contribution in [0, 0.1) is 23.7 Å². The van der Waals surface area contributed by atoms with Gasteiger partial charge in [-0.15, -0.1) is 6.42 Å². The van der Waals surface area contributed by atoms with E-state index in [2.05, 4.69) is 35.3 Å². The van der Waals surface area contributed by atoms with E-state index >= 15 is 0 Å². The number of terminal acetylenes is 1. The van der Waals surface area contributed by atoms with Gasteiger partial charge in [-0.05, 0) is 88.6 Å². The Kier molecular flexibility index (Phi) is 12.6. The van der Waals surface area contributed by atoms with E-state index in [-0.39, 0.29) is 41.6 Å². The van der Waals surface area contributed by atoms with Crippen LogP contribution in [0.15, 0.2) is 35.9 Å². The summed E-state index contributed by atoms with van der Waals surface area (Å²) < 4.78 is 0. The molecular weight excluding hydrogens is 578 g/mol. The van der Waals surface area contributed by atoms with Crippen molar-refractivity contribution < 1.29 is 19.2 Å². The molecule has 2 aliphatic heterocycles. The van der Waals surface area contributed by atoms with Crippen molar-refractivity contribution in [2.45, 2.75) is 118 Å². The Balaban J connectivity index is 1.77. The van der Waals surface area contributed by atoms with Crippen LogP contribution in [0.5, 0.6) is 0 Å². The maximum atomic E-state index is 14.1. The molecule has 9 heteroatoms. The number of nitrogens with zero attached hydrogens (tertiary/aromatic N) is 3. The van der Waals surface area contributed by atoms with Gasteiger partial charge in [-0.25, -0.2) is 0 Å². The maximum absolute atomic E-state index is 14.1. The first-order valence-corrected chi connectivity index (χ1v) is 16.8. The van der Waals surface area contributed by atoms with E-state index in [1.54, 1.807) is 48.0 Å². The summed E-state index contributed by atoms with van der Waals surface area (Å²) in [5, 5.41) is 6.04. The summed E-state index contributed by atoms with van der Waals surface area (Å²) in [6.45, 7) is 17.2. The Hall–Kier alpha value is -3.64. The molecule has 1 aromatic carbocycles. The SMILES string of the molecule is C#Cc1ccc(NC(=O)[C@@H]2CCCN2C(=O)C(C)=C[C@H](C(C)C)N(C)C(=O)[C@@H](NC(=O)C2CCCCN2C(C)C)C(C)(C)C)cc1. The first-order valence-electron chi connectivity index (χ1n) is 16.8. The van der Waals surface area contributed by atoms with Crippen molar-refractivity contribution in [2.24, 2.45) is 11.3 Å². The third-order valence-corrected chi connectivity index (χ3v) is 9.28. The van der Waals surface area contributed by atoms with Gasteiger partial charge in [0.15, 0.2) is 0 Å². The van der Waals surface area contributed by atoms with E-state index in [0.29, 0.717) is 24.2 Å². The number of benzene rings is 1. The highest BCUT2D eigenvalue weighted by atomic mass is 16.2. The number of likely N-dealkylation sites (N-methyl/N-ethyl adjacent to an activating group) is 1. The summed E-state index contributed by atoms with van der Waals surface area (Å²) in [7, 11) is 1.74. The van der Waals surface area contributed by atoms with E-state index in [9.17, 15) is 19.2 Å². The molecule has 0 radical (unpaired) electrons. The number of nitrogens with one attached hydrogen (secondary N) is 2. The van der Waals surface area contributed by atoms with Gasteiger partial charge in [0.25, 0.3) is 0 Å². The second kappa shape index (κ2) is 15.8. The normalized spacial score (nSPS) is 20.7. The number of carbonyl (C=O) groups excluding carboxylic acids is 4. The fourth-order valence-electron chi connectivity index (χ4n) is 6.55. The van der Waals surface area contributed by atoms with E-state index < -0.39 is 23.5 Å². The van der Waals surface area contributed by atoms with Gasteiger partial charge < -0.3 is 20.4 Å². The first kappa shape index (κ1) is 36.8. The summed E-state index contributed by atoms with van der Waals surface area (Å²) in [4.78, 5) is 60.2. The highest BCUT2D eigenvalue weighted by Gasteiger charge is 2.40. The summed E-state index contributed by atoms with van der Waals surface area (Å²) in [6.07, 6.45) is 11.4. The smallest absolute Gasteiger partial charge is 0.249 e. The lowest BCUT2D eigenvalue weighted by Crippen LogP contribution is -2.60. The van der Waals surface area contributed by atoms with Crippen LogP contribution in [0.4, 0.5) is 5.69 Å². The third kappa shape index (κ3) is 9.00. The quantitative estimate of drug-likeness (QED) is 0.284. The van der Waals surface area contributed by atoms with E-state index in [1.807, 2.05) is 40.7 Å². The van der Waals surface area contributed by atoms with Gasteiger partial charge >= 0.3 is 0 Å². The minimum absolute atomic E-state index is 0.00791. The van der Waals surface area contributed by atoms with Crippen LogP contribution in [-0.4, -0.2) is 88.7 Å². The molecule has 4 atom stereocenters. The molecular formula is C37H55N5O4. The molecule has 2 aliphatic rings. The number of likely N-dealkylation sites (tertiary alicyclic amines) is 2. The molecule has 9 nitrogen and oxygen atoms in total. The van der Waals surface area contributed by atoms with Crippen molar-refractivity contribution in [1.29, 1.82) is 0 Å². The first-order chi connectivity index (χ1) is 21.6. The van der Waals surface area contributed by atoms with Crippen molar-refractivity contribution >= 4 is 29.3 Å². The average molecular weight is 634 g/mol. The molecule has 0 saturated carbocycles. The lowest BCUT2D eigenvalue weighted by molar-refractivity contribution is -0.142. The van der Waals surface area contributed by atoms with E-state index in [4.69, 9.17) is 6.42 Å². The highest BCUT2D eigenvalue weighted by molar-refractivity contribution is 6.01. The molecule has 0 aromatic heterocycles. The minimum Gasteiger partial charge on any atom is -0.342 e. The summed E-state index contributed by atoms with van der Waals surface area (Å²) >= 11 is 0. The van der Waals surface area contributed by atoms with Crippen molar-refractivity contribution in [1.82, 2.24) is 20.0 Å². The lowest BCUT2D eigenvalue weighted by Gasteiger charge is -2.41. The van der Waals surface area contributed by atoms with Gasteiger partial charge in [-0.1, -0.05) is 53.0 Å². The van der Waals surface area contributed by atoms with Crippen LogP contribution in [0.2, 0.25) is 0 Å². The summed E-state index contributed by atoms with van der Waals surface area (Å²) in [6, 6.07) is 5.27. The fraction of sp³-hybridized carbons (Fsp3) is 0.622. The van der Waals surface area contributed by atoms with Crippen LogP contribution in [0.1, 0.15) is 93.1 Å². The molecule has 2 heterocycles. The number of rotatable bonds is 10. The minimum atomic E-state index is -0.743. The van der Waals surface area contributed by atoms with Gasteiger partial charge in [0, 0.05) is 36.5 Å². The zero-order valence-electron chi connectivity index (χ0n) is 29.4. The number of amides is 4. The monoisotopic (exact) mass is 633 g/mol. The zero-order valence-corrected chi connectivity index (χ0v) is 29.4. The van der Waals surface area contributed by atoms with Crippen molar-refractivity contribution in [3.8, 4) is 12.3 Å². The Morgan fingerprint density at radius 2 is 1.59 bits per heavy atom. The van der Waals surface area contributed by atoms with E-state index in [1.165, 1.54) is 0 Å². The molecule has 46 heavy (non-hydrogen) atoms. The third-order valence-electron chi connectivity index (χ3n) is 9.28. The van der Waals surface area contributed by atoms with Crippen LogP contribution < -0.4 is 10.6 Å². The summed E-state index contributed by atoms with van der Waals surface area (Å²) in [5.41, 5.74) is 1.28. The number of hydrogen-bond donors (Lipinski definition) is 2. The predicted octanol–water partition coefficient (Wildman–Crippen LogP) is 4.82. The Labute approximate surface area is 276 Å². The highest BCUT2D eigenvalue weighted by Crippen LogP contribution is 2.27. The van der Waals surface area contributed by atoms with Crippen LogP contribution >= 0.6 is 0 Å². The van der Waals surface area contributed by atoms with Gasteiger partial charge in [0.05, 0.1) is 12.1 Å². The van der Waals surface area contributed by atoms with Crippen molar-refractivity contribution in [2.75, 3.05) is 25.5 Å². The Bertz CT molecular complexity index is 1320. The zero-order chi connectivity index (χ0) is 34.3. The largest absolute Gasteiger partial charge is 0.342 e. The van der Waals surface area contributed by atoms with Crippen LogP contribution in [0.25, 0.3) is 0 Å². The molecule has 2 fully saturated rings. The number of anilines is 1. The number of piperidine rings is 1. The molecule has 1 aromatic rings. The number of carbonyl (C=O) groups is 4. The molecule has 1 unspecified atom stereocenters. The van der Waals surface area contributed by atoms with Crippen molar-refractivity contribution in [3.63, 3.8) is 0 Å². The standard InChI is InChI=1S/C37H55N5O4/c1-11-27-17-19-28(20-18-27)38-33(43)30-16-14-22-42(30)35(45)26(6)23-31(24(2)3)40(10)36(46)32(37(7,8)9)39-34(44)29-15-12-13-21-41(29)25(4)5/h1,17-20,23-25,29-32H,12-16,21-22H2,2-10H3,(H,38,43)(H,39,44)/t29?,30-,31+,32+/m0/s1. The molecule has 4 amide bonds. The fourth-order valence-corrected chi connectivity index (χ4v) is 6.55. The number of hydrogen-bond acceptors (Lipinski definition) is 5. The Morgan fingerprint density at radius 3 is 2.15 bits per heavy atom. The molecule has 0 aliphatic carbocycles. The second-order valence-electron chi connectivity index (χ2n) is 14.6. The van der Waals surface area contributed by atoms with Crippen molar-refractivity contribution in [3.05, 3.63) is 41.5 Å². The molecule has 0 bridgehead atoms. The lowest BCUT2D eigenvalue weighted by atomic mass is 9.84. The topological polar surface area (TPSA) is 102 Å². The molecule has 0 spiro atoms. The molecule has 252 valence electrons. The maximum Gasteiger partial charge on any atom is 0.249 e. The van der Waals surface area contributed by atoms with Gasteiger partial charge in [0.1, 0.15) is 12.1 Å². The second-order valence-corrected chi connectivity index (χ2v) is 14.6. The van der Waals surface area contributed by atoms with Crippen LogP contribution in [0.3, 0.4) is 0 Å². The average Bonchev–Trinajstić information content (AvgIpc) is 3.51.